The van der Waals surface area contributed by atoms with E-state index >= 15 is 0 Å². The Hall–Kier alpha value is -1.53. The van der Waals surface area contributed by atoms with Crippen molar-refractivity contribution in [2.45, 2.75) is 39.3 Å². The van der Waals surface area contributed by atoms with Crippen molar-refractivity contribution >= 4 is 5.69 Å². The first kappa shape index (κ1) is 13.5. The number of nitrogens with zero attached hydrogens (tertiary/aromatic N) is 2. The molecule has 3 nitrogen and oxygen atoms in total. The monoisotopic (exact) mass is 231 g/mol. The van der Waals surface area contributed by atoms with Crippen molar-refractivity contribution < 1.29 is 0 Å². The van der Waals surface area contributed by atoms with E-state index in [4.69, 9.17) is 11.0 Å². The Morgan fingerprint density at radius 2 is 2.06 bits per heavy atom. The van der Waals surface area contributed by atoms with Gasteiger partial charge < -0.3 is 5.73 Å². The number of rotatable bonds is 6. The average Bonchev–Trinajstić information content (AvgIpc) is 2.30. The summed E-state index contributed by atoms with van der Waals surface area (Å²) < 4.78 is 0. The minimum Gasteiger partial charge on any atom is -0.398 e. The Bertz CT molecular complexity index is 379. The van der Waals surface area contributed by atoms with Gasteiger partial charge in [0.1, 0.15) is 0 Å². The molecule has 0 spiro atoms. The number of benzene rings is 1. The fraction of sp³-hybridized carbons (Fsp3) is 0.500. The molecule has 0 aliphatic rings. The summed E-state index contributed by atoms with van der Waals surface area (Å²) in [4.78, 5) is 2.35. The highest BCUT2D eigenvalue weighted by Gasteiger charge is 2.10. The van der Waals surface area contributed by atoms with Gasteiger partial charge in [-0.15, -0.1) is 0 Å². The van der Waals surface area contributed by atoms with Crippen LogP contribution in [0.15, 0.2) is 24.3 Å². The van der Waals surface area contributed by atoms with Crippen LogP contribution in [0.5, 0.6) is 0 Å². The van der Waals surface area contributed by atoms with Crippen LogP contribution in [0.3, 0.4) is 0 Å². The van der Waals surface area contributed by atoms with Gasteiger partial charge in [0.25, 0.3) is 0 Å². The van der Waals surface area contributed by atoms with E-state index in [1.165, 1.54) is 0 Å². The molecule has 0 saturated heterocycles. The molecule has 3 heteroatoms. The van der Waals surface area contributed by atoms with Crippen LogP contribution in [-0.4, -0.2) is 17.5 Å². The second-order valence-electron chi connectivity index (χ2n) is 4.52. The lowest BCUT2D eigenvalue weighted by Crippen LogP contribution is -2.31. The third-order valence-corrected chi connectivity index (χ3v) is 2.89. The molecule has 92 valence electrons. The largest absolute Gasteiger partial charge is 0.398 e. The standard InChI is InChI=1S/C14H21N3/c1-12(2)17(10-6-5-9-15)11-13-7-3-4-8-14(13)16/h3-4,7-8,12H,5-6,10-11,16H2,1-2H3. The summed E-state index contributed by atoms with van der Waals surface area (Å²) in [5.41, 5.74) is 7.96. The maximum atomic E-state index is 8.56. The first-order chi connectivity index (χ1) is 8.15. The van der Waals surface area contributed by atoms with Gasteiger partial charge in [-0.3, -0.25) is 4.90 Å². The first-order valence-corrected chi connectivity index (χ1v) is 6.09. The minimum absolute atomic E-state index is 0.466. The molecule has 17 heavy (non-hydrogen) atoms. The van der Waals surface area contributed by atoms with Crippen LogP contribution < -0.4 is 5.73 Å². The molecule has 0 saturated carbocycles. The lowest BCUT2D eigenvalue weighted by atomic mass is 10.1. The summed E-state index contributed by atoms with van der Waals surface area (Å²) in [6.07, 6.45) is 1.54. The fourth-order valence-electron chi connectivity index (χ4n) is 1.78. The third-order valence-electron chi connectivity index (χ3n) is 2.89. The van der Waals surface area contributed by atoms with Gasteiger partial charge in [-0.2, -0.15) is 5.26 Å². The Balaban J connectivity index is 2.61. The van der Waals surface area contributed by atoms with Gasteiger partial charge in [-0.05, 0) is 38.4 Å². The zero-order valence-corrected chi connectivity index (χ0v) is 10.7. The predicted molar refractivity (Wildman–Crippen MR) is 71.2 cm³/mol. The van der Waals surface area contributed by atoms with Crippen molar-refractivity contribution in [1.29, 1.82) is 5.26 Å². The number of nitriles is 1. The van der Waals surface area contributed by atoms with E-state index in [2.05, 4.69) is 30.9 Å². The topological polar surface area (TPSA) is 53.0 Å². The predicted octanol–water partition coefficient (Wildman–Crippen LogP) is 2.78. The van der Waals surface area contributed by atoms with Gasteiger partial charge in [0.2, 0.25) is 0 Å². The van der Waals surface area contributed by atoms with Crippen molar-refractivity contribution in [2.24, 2.45) is 0 Å². The van der Waals surface area contributed by atoms with Crippen LogP contribution in [0.1, 0.15) is 32.3 Å². The quantitative estimate of drug-likeness (QED) is 0.605. The highest BCUT2D eigenvalue weighted by molar-refractivity contribution is 5.46. The minimum atomic E-state index is 0.466. The number of para-hydroxylation sites is 1. The van der Waals surface area contributed by atoms with Gasteiger partial charge in [-0.1, -0.05) is 18.2 Å². The summed E-state index contributed by atoms with van der Waals surface area (Å²) in [5.74, 6) is 0. The van der Waals surface area contributed by atoms with E-state index < -0.39 is 0 Å². The molecule has 0 radical (unpaired) electrons. The van der Waals surface area contributed by atoms with Crippen molar-refractivity contribution in [2.75, 3.05) is 12.3 Å². The molecule has 0 aromatic heterocycles. The number of anilines is 1. The Kier molecular flexibility index (Phi) is 5.51. The number of nitrogen functional groups attached to an aromatic ring is 1. The van der Waals surface area contributed by atoms with Crippen LogP contribution >= 0.6 is 0 Å². The summed E-state index contributed by atoms with van der Waals surface area (Å²) in [5, 5.41) is 8.56. The second kappa shape index (κ2) is 6.93. The second-order valence-corrected chi connectivity index (χ2v) is 4.52. The maximum Gasteiger partial charge on any atom is 0.0622 e. The Labute approximate surface area is 104 Å². The van der Waals surface area contributed by atoms with Crippen molar-refractivity contribution in [3.05, 3.63) is 29.8 Å². The molecule has 0 bridgehead atoms. The number of unbranched alkanes of at least 4 members (excludes halogenated alkanes) is 1. The fourth-order valence-corrected chi connectivity index (χ4v) is 1.78. The Morgan fingerprint density at radius 3 is 2.65 bits per heavy atom. The summed E-state index contributed by atoms with van der Waals surface area (Å²) in [7, 11) is 0. The zero-order valence-electron chi connectivity index (χ0n) is 10.7. The maximum absolute atomic E-state index is 8.56. The third kappa shape index (κ3) is 4.46. The molecule has 1 aromatic carbocycles. The Morgan fingerprint density at radius 1 is 1.35 bits per heavy atom. The number of hydrogen-bond donors (Lipinski definition) is 1. The van der Waals surface area contributed by atoms with Crippen molar-refractivity contribution in [3.8, 4) is 6.07 Å². The highest BCUT2D eigenvalue weighted by Crippen LogP contribution is 2.15. The van der Waals surface area contributed by atoms with E-state index in [9.17, 15) is 0 Å². The highest BCUT2D eigenvalue weighted by atomic mass is 15.1. The number of hydrogen-bond acceptors (Lipinski definition) is 3. The molecule has 0 aliphatic carbocycles. The van der Waals surface area contributed by atoms with Gasteiger partial charge in [-0.25, -0.2) is 0 Å². The molecular weight excluding hydrogens is 210 g/mol. The van der Waals surface area contributed by atoms with E-state index in [1.54, 1.807) is 0 Å². The summed E-state index contributed by atoms with van der Waals surface area (Å²) in [6.45, 7) is 6.15. The van der Waals surface area contributed by atoms with Crippen LogP contribution in [0, 0.1) is 11.3 Å². The van der Waals surface area contributed by atoms with E-state index in [0.29, 0.717) is 12.5 Å². The first-order valence-electron chi connectivity index (χ1n) is 6.09. The van der Waals surface area contributed by atoms with Crippen LogP contribution in [0.2, 0.25) is 0 Å². The molecule has 2 N–H and O–H groups in total. The van der Waals surface area contributed by atoms with E-state index in [0.717, 1.165) is 30.8 Å². The molecule has 1 aromatic rings. The summed E-state index contributed by atoms with van der Waals surface area (Å²) in [6, 6.07) is 10.6. The molecule has 0 aliphatic heterocycles. The molecule has 0 amide bonds. The van der Waals surface area contributed by atoms with Crippen molar-refractivity contribution in [1.82, 2.24) is 4.90 Å². The van der Waals surface area contributed by atoms with Gasteiger partial charge in [0.15, 0.2) is 0 Å². The van der Waals surface area contributed by atoms with E-state index in [-0.39, 0.29) is 0 Å². The summed E-state index contributed by atoms with van der Waals surface area (Å²) >= 11 is 0. The van der Waals surface area contributed by atoms with Gasteiger partial charge in [0.05, 0.1) is 6.07 Å². The molecule has 0 heterocycles. The lowest BCUT2D eigenvalue weighted by Gasteiger charge is -2.26. The normalized spacial score (nSPS) is 10.8. The molecule has 1 rings (SSSR count). The van der Waals surface area contributed by atoms with E-state index in [1.807, 2.05) is 18.2 Å². The molecule has 0 fully saturated rings. The van der Waals surface area contributed by atoms with Crippen molar-refractivity contribution in [3.63, 3.8) is 0 Å². The molecule has 0 unspecified atom stereocenters. The zero-order chi connectivity index (χ0) is 12.7. The van der Waals surface area contributed by atoms with Crippen LogP contribution in [0.25, 0.3) is 0 Å². The van der Waals surface area contributed by atoms with Crippen LogP contribution in [-0.2, 0) is 6.54 Å². The average molecular weight is 231 g/mol. The molecular formula is C14H21N3. The van der Waals surface area contributed by atoms with Crippen LogP contribution in [0.4, 0.5) is 5.69 Å². The molecule has 0 atom stereocenters. The smallest absolute Gasteiger partial charge is 0.0622 e. The number of nitrogens with two attached hydrogens (primary N) is 1. The van der Waals surface area contributed by atoms with Gasteiger partial charge in [0, 0.05) is 24.7 Å². The SMILES string of the molecule is CC(C)N(CCCC#N)Cc1ccccc1N. The van der Waals surface area contributed by atoms with Gasteiger partial charge >= 0.3 is 0 Å². The lowest BCUT2D eigenvalue weighted by molar-refractivity contribution is 0.211.